The van der Waals surface area contributed by atoms with Crippen LogP contribution in [0.3, 0.4) is 0 Å². The van der Waals surface area contributed by atoms with Crippen molar-refractivity contribution >= 4 is 15.9 Å². The van der Waals surface area contributed by atoms with E-state index in [4.69, 9.17) is 14.2 Å². The Hall–Kier alpha value is -1.90. The number of carbonyl (C=O) groups excluding carboxylic acids is 1. The molecule has 168 valence electrons. The van der Waals surface area contributed by atoms with Gasteiger partial charge in [0, 0.05) is 6.61 Å². The van der Waals surface area contributed by atoms with Gasteiger partial charge in [-0.05, 0) is 58.6 Å². The SMILES string of the molecule is C=CCC([C@@H](COC1CCCCO1)NC(=O)OC(C)(C)C)S(=O)(=O)c1ccccc1. The second kappa shape index (κ2) is 10.9. The van der Waals surface area contributed by atoms with Gasteiger partial charge >= 0.3 is 6.09 Å². The average Bonchev–Trinajstić information content (AvgIpc) is 2.69. The molecule has 1 aliphatic heterocycles. The standard InChI is InChI=1S/C22H33NO6S/c1-5-11-19(30(25,26)17-12-7-6-8-13-17)18(23-21(24)29-22(2,3)4)16-28-20-14-9-10-15-27-20/h5-8,12-13,18-20H,1,9-11,14-16H2,2-4H3,(H,23,24)/t18-,19?,20?/m1/s1. The van der Waals surface area contributed by atoms with Crippen molar-refractivity contribution in [2.45, 2.75) is 74.5 Å². The second-order valence-electron chi connectivity index (χ2n) is 8.30. The average molecular weight is 440 g/mol. The summed E-state index contributed by atoms with van der Waals surface area (Å²) in [5.41, 5.74) is -0.714. The van der Waals surface area contributed by atoms with Gasteiger partial charge in [-0.1, -0.05) is 24.3 Å². The molecule has 1 aliphatic rings. The van der Waals surface area contributed by atoms with Crippen molar-refractivity contribution in [2.75, 3.05) is 13.2 Å². The Labute approximate surface area is 179 Å². The van der Waals surface area contributed by atoms with E-state index >= 15 is 0 Å². The predicted octanol–water partition coefficient (Wildman–Crippen LogP) is 3.84. The predicted molar refractivity (Wildman–Crippen MR) is 115 cm³/mol. The van der Waals surface area contributed by atoms with Crippen molar-refractivity contribution in [1.29, 1.82) is 0 Å². The fraction of sp³-hybridized carbons (Fsp3) is 0.591. The van der Waals surface area contributed by atoms with Gasteiger partial charge in [0.1, 0.15) is 5.60 Å². The molecule has 7 nitrogen and oxygen atoms in total. The van der Waals surface area contributed by atoms with Crippen LogP contribution in [0.15, 0.2) is 47.9 Å². The molecule has 0 spiro atoms. The minimum atomic E-state index is -3.77. The van der Waals surface area contributed by atoms with Crippen LogP contribution in [0.25, 0.3) is 0 Å². The highest BCUT2D eigenvalue weighted by Gasteiger charge is 2.36. The zero-order valence-corrected chi connectivity index (χ0v) is 18.8. The molecule has 1 aromatic carbocycles. The van der Waals surface area contributed by atoms with Crippen LogP contribution >= 0.6 is 0 Å². The van der Waals surface area contributed by atoms with Crippen molar-refractivity contribution in [2.24, 2.45) is 0 Å². The molecule has 2 unspecified atom stereocenters. The maximum atomic E-state index is 13.4. The first-order valence-electron chi connectivity index (χ1n) is 10.3. The maximum absolute atomic E-state index is 13.4. The van der Waals surface area contributed by atoms with Crippen molar-refractivity contribution in [3.8, 4) is 0 Å². The van der Waals surface area contributed by atoms with Crippen LogP contribution in [-0.4, -0.2) is 50.9 Å². The van der Waals surface area contributed by atoms with E-state index in [0.29, 0.717) is 6.61 Å². The lowest BCUT2D eigenvalue weighted by molar-refractivity contribution is -0.165. The van der Waals surface area contributed by atoms with Crippen LogP contribution in [0.4, 0.5) is 4.79 Å². The number of rotatable bonds is 9. The molecule has 1 amide bonds. The van der Waals surface area contributed by atoms with E-state index in [1.807, 2.05) is 0 Å². The Morgan fingerprint density at radius 1 is 1.30 bits per heavy atom. The van der Waals surface area contributed by atoms with Crippen LogP contribution in [0.5, 0.6) is 0 Å². The largest absolute Gasteiger partial charge is 0.444 e. The number of hydrogen-bond donors (Lipinski definition) is 1. The molecule has 0 bridgehead atoms. The van der Waals surface area contributed by atoms with E-state index in [0.717, 1.165) is 19.3 Å². The number of hydrogen-bond acceptors (Lipinski definition) is 6. The smallest absolute Gasteiger partial charge is 0.407 e. The van der Waals surface area contributed by atoms with E-state index in [2.05, 4.69) is 11.9 Å². The molecule has 1 saturated heterocycles. The molecule has 1 N–H and O–H groups in total. The number of amides is 1. The summed E-state index contributed by atoms with van der Waals surface area (Å²) in [6, 6.07) is 7.33. The monoisotopic (exact) mass is 439 g/mol. The summed E-state index contributed by atoms with van der Waals surface area (Å²) in [6.07, 6.45) is 3.26. The van der Waals surface area contributed by atoms with Crippen LogP contribution < -0.4 is 5.32 Å². The lowest BCUT2D eigenvalue weighted by atomic mass is 10.1. The van der Waals surface area contributed by atoms with Crippen molar-refractivity contribution in [3.05, 3.63) is 43.0 Å². The molecule has 1 fully saturated rings. The van der Waals surface area contributed by atoms with Crippen molar-refractivity contribution in [1.82, 2.24) is 5.32 Å². The molecule has 3 atom stereocenters. The summed E-state index contributed by atoms with van der Waals surface area (Å²) in [5, 5.41) is 1.74. The number of alkyl carbamates (subject to hydrolysis) is 1. The highest BCUT2D eigenvalue weighted by atomic mass is 32.2. The molecule has 0 aliphatic carbocycles. The molecule has 2 rings (SSSR count). The molecule has 0 aromatic heterocycles. The van der Waals surface area contributed by atoms with Gasteiger partial charge in [0.15, 0.2) is 16.1 Å². The number of benzene rings is 1. The number of nitrogens with one attached hydrogen (secondary N) is 1. The number of ether oxygens (including phenoxy) is 3. The van der Waals surface area contributed by atoms with Gasteiger partial charge in [0.2, 0.25) is 0 Å². The first-order valence-corrected chi connectivity index (χ1v) is 11.8. The Morgan fingerprint density at radius 3 is 2.57 bits per heavy atom. The summed E-state index contributed by atoms with van der Waals surface area (Å²) in [7, 11) is -3.77. The van der Waals surface area contributed by atoms with Gasteiger partial charge < -0.3 is 19.5 Å². The normalized spacial score (nSPS) is 19.5. The zero-order valence-electron chi connectivity index (χ0n) is 18.0. The van der Waals surface area contributed by atoms with E-state index in [9.17, 15) is 13.2 Å². The van der Waals surface area contributed by atoms with Gasteiger partial charge in [-0.15, -0.1) is 6.58 Å². The molecule has 30 heavy (non-hydrogen) atoms. The molecular weight excluding hydrogens is 406 g/mol. The second-order valence-corrected chi connectivity index (χ2v) is 10.5. The Kier molecular flexibility index (Phi) is 8.88. The highest BCUT2D eigenvalue weighted by Crippen LogP contribution is 2.23. The fourth-order valence-corrected chi connectivity index (χ4v) is 5.07. The molecule has 1 heterocycles. The topological polar surface area (TPSA) is 90.9 Å². The van der Waals surface area contributed by atoms with Gasteiger partial charge in [-0.25, -0.2) is 13.2 Å². The van der Waals surface area contributed by atoms with Gasteiger partial charge in [-0.3, -0.25) is 0 Å². The van der Waals surface area contributed by atoms with Crippen LogP contribution in [0.1, 0.15) is 46.5 Å². The highest BCUT2D eigenvalue weighted by molar-refractivity contribution is 7.92. The Bertz CT molecular complexity index is 782. The first-order chi connectivity index (χ1) is 14.1. The van der Waals surface area contributed by atoms with Crippen LogP contribution in [-0.2, 0) is 24.0 Å². The minimum absolute atomic E-state index is 0.0194. The minimum Gasteiger partial charge on any atom is -0.444 e. The number of carbonyl (C=O) groups is 1. The van der Waals surface area contributed by atoms with E-state index < -0.39 is 39.1 Å². The van der Waals surface area contributed by atoms with Crippen LogP contribution in [0, 0.1) is 0 Å². The van der Waals surface area contributed by atoms with Gasteiger partial charge in [0.25, 0.3) is 0 Å². The van der Waals surface area contributed by atoms with Crippen molar-refractivity contribution in [3.63, 3.8) is 0 Å². The lowest BCUT2D eigenvalue weighted by Crippen LogP contribution is -2.51. The molecule has 0 radical (unpaired) electrons. The zero-order chi connectivity index (χ0) is 22.2. The van der Waals surface area contributed by atoms with E-state index in [1.165, 1.54) is 6.08 Å². The fourth-order valence-electron chi connectivity index (χ4n) is 3.21. The van der Waals surface area contributed by atoms with Crippen molar-refractivity contribution < 1.29 is 27.4 Å². The van der Waals surface area contributed by atoms with E-state index in [1.54, 1.807) is 51.1 Å². The number of allylic oxidation sites excluding steroid dienone is 1. The molecule has 1 aromatic rings. The maximum Gasteiger partial charge on any atom is 0.407 e. The van der Waals surface area contributed by atoms with E-state index in [-0.39, 0.29) is 17.9 Å². The third kappa shape index (κ3) is 7.41. The third-order valence-electron chi connectivity index (χ3n) is 4.62. The lowest BCUT2D eigenvalue weighted by Gasteiger charge is -2.31. The van der Waals surface area contributed by atoms with Crippen LogP contribution in [0.2, 0.25) is 0 Å². The molecular formula is C22H33NO6S. The summed E-state index contributed by atoms with van der Waals surface area (Å²) in [5.74, 6) is 0. The van der Waals surface area contributed by atoms with Gasteiger partial charge in [0.05, 0.1) is 22.8 Å². The Morgan fingerprint density at radius 2 is 2.00 bits per heavy atom. The van der Waals surface area contributed by atoms with Gasteiger partial charge in [-0.2, -0.15) is 0 Å². The summed E-state index contributed by atoms with van der Waals surface area (Å²) < 4.78 is 43.5. The summed E-state index contributed by atoms with van der Waals surface area (Å²) >= 11 is 0. The summed E-state index contributed by atoms with van der Waals surface area (Å²) in [6.45, 7) is 9.53. The third-order valence-corrected chi connectivity index (χ3v) is 6.87. The number of sulfone groups is 1. The quantitative estimate of drug-likeness (QED) is 0.588. The molecule has 8 heteroatoms. The summed E-state index contributed by atoms with van der Waals surface area (Å²) in [4.78, 5) is 12.6. The first kappa shape index (κ1) is 24.4. The Balaban J connectivity index is 2.26. The molecule has 0 saturated carbocycles.